The molecule has 3 aromatic rings. The molecule has 0 saturated carbocycles. The molecular weight excluding hydrogens is 1380 g/mol. The van der Waals surface area contributed by atoms with Gasteiger partial charge in [0.15, 0.2) is 2.14 Å². The molecule has 1 nitrogen and oxygen atoms in total. The van der Waals surface area contributed by atoms with Crippen molar-refractivity contribution < 1.29 is 4.74 Å². The predicted molar refractivity (Wildman–Crippen MR) is 222 cm³/mol. The molecule has 14 heteroatoms. The quantitative estimate of drug-likeness (QED) is 0.137. The molecule has 3 rings (SSSR count). The van der Waals surface area contributed by atoms with Crippen LogP contribution in [0.1, 0.15) is 23.1 Å². The van der Waals surface area contributed by atoms with Crippen molar-refractivity contribution in [2.24, 2.45) is 0 Å². The molecule has 0 aliphatic carbocycles. The van der Waals surface area contributed by atoms with E-state index in [1.807, 2.05) is 54.6 Å². The van der Waals surface area contributed by atoms with Gasteiger partial charge in [-0.15, -0.1) is 0 Å². The second-order valence-electron chi connectivity index (χ2n) is 8.88. The standard InChI is InChI=1S/C27H19Br13O/c28-21(29,23(30,31)24(32,33)25(34,35)26(36,37)27(38,39)40)16-17-41-22(18-10-4-1-5-11-18,19-12-6-2-7-13-19)20-14-8-3-9-15-20/h1-15H,16-17H2. The molecule has 0 aliphatic heterocycles. The van der Waals surface area contributed by atoms with Gasteiger partial charge in [0.1, 0.15) is 21.8 Å². The van der Waals surface area contributed by atoms with E-state index < -0.39 is 23.9 Å². The Morgan fingerprint density at radius 3 is 1.05 bits per heavy atom. The fourth-order valence-electron chi connectivity index (χ4n) is 4.06. The summed E-state index contributed by atoms with van der Waals surface area (Å²) in [7, 11) is 0. The third kappa shape index (κ3) is 7.86. The zero-order valence-electron chi connectivity index (χ0n) is 20.4. The van der Waals surface area contributed by atoms with Gasteiger partial charge >= 0.3 is 0 Å². The molecule has 0 heterocycles. The summed E-state index contributed by atoms with van der Waals surface area (Å²) in [6.07, 6.45) is 0.520. The molecule has 0 amide bonds. The van der Waals surface area contributed by atoms with Gasteiger partial charge in [0.2, 0.25) is 0 Å². The second kappa shape index (κ2) is 15.2. The van der Waals surface area contributed by atoms with Crippen LogP contribution in [0.25, 0.3) is 0 Å². The lowest BCUT2D eigenvalue weighted by Gasteiger charge is -2.54. The SMILES string of the molecule is BrC(Br)(Br)C(Br)(Br)C(Br)(Br)C(Br)(Br)C(Br)(Br)C(Br)(Br)CCOC(c1ccccc1)(c1ccccc1)c1ccccc1. The van der Waals surface area contributed by atoms with Gasteiger partial charge in [-0.25, -0.2) is 0 Å². The van der Waals surface area contributed by atoms with Gasteiger partial charge < -0.3 is 4.74 Å². The van der Waals surface area contributed by atoms with E-state index in [2.05, 4.69) is 243 Å². The van der Waals surface area contributed by atoms with Crippen LogP contribution in [0.15, 0.2) is 91.0 Å². The normalized spacial score (nSPS) is 14.3. The Morgan fingerprint density at radius 1 is 0.415 bits per heavy atom. The Balaban J connectivity index is 2.03. The summed E-state index contributed by atoms with van der Waals surface area (Å²) in [4.78, 5) is 0. The molecule has 0 radical (unpaired) electrons. The van der Waals surface area contributed by atoms with Gasteiger partial charge in [-0.2, -0.15) is 0 Å². The first-order valence-corrected chi connectivity index (χ1v) is 21.8. The smallest absolute Gasteiger partial charge is 0.162 e. The van der Waals surface area contributed by atoms with E-state index in [1.54, 1.807) is 0 Å². The van der Waals surface area contributed by atoms with E-state index in [4.69, 9.17) is 4.74 Å². The summed E-state index contributed by atoms with van der Waals surface area (Å²) in [6.45, 7) is 0.370. The fourth-order valence-corrected chi connectivity index (χ4v) is 14.7. The highest BCUT2D eigenvalue weighted by Crippen LogP contribution is 2.74. The molecular formula is C27H19Br13O. The number of rotatable bonds is 11. The van der Waals surface area contributed by atoms with Crippen LogP contribution in [0.5, 0.6) is 0 Å². The summed E-state index contributed by atoms with van der Waals surface area (Å²) in [5, 5.41) is 0. The highest BCUT2D eigenvalue weighted by Gasteiger charge is 2.72. The number of benzene rings is 3. The van der Waals surface area contributed by atoms with Gasteiger partial charge in [-0.05, 0) is 23.1 Å². The van der Waals surface area contributed by atoms with Crippen LogP contribution in [0, 0.1) is 0 Å². The maximum atomic E-state index is 7.04. The number of hydrogen-bond acceptors (Lipinski definition) is 1. The Labute approximate surface area is 350 Å². The van der Waals surface area contributed by atoms with E-state index in [0.29, 0.717) is 13.0 Å². The van der Waals surface area contributed by atoms with Crippen molar-refractivity contribution >= 4 is 207 Å². The molecule has 0 bridgehead atoms. The minimum absolute atomic E-state index is 0.370. The highest BCUT2D eigenvalue weighted by atomic mass is 80.0. The summed E-state index contributed by atoms with van der Waals surface area (Å²) in [5.41, 5.74) is 2.28. The average Bonchev–Trinajstić information content (AvgIpc) is 2.91. The Hall–Kier alpha value is 3.86. The molecule has 0 aliphatic rings. The van der Waals surface area contributed by atoms with E-state index in [9.17, 15) is 0 Å². The number of hydrogen-bond donors (Lipinski definition) is 0. The molecule has 0 spiro atoms. The first-order chi connectivity index (χ1) is 18.8. The number of alkyl halides is 13. The molecule has 41 heavy (non-hydrogen) atoms. The van der Waals surface area contributed by atoms with Crippen molar-refractivity contribution in [3.05, 3.63) is 108 Å². The highest BCUT2D eigenvalue weighted by molar-refractivity contribution is 9.42. The maximum Gasteiger partial charge on any atom is 0.162 e. The van der Waals surface area contributed by atoms with Gasteiger partial charge in [0, 0.05) is 0 Å². The monoisotopic (exact) mass is 1390 g/mol. The van der Waals surface area contributed by atoms with Crippen molar-refractivity contribution in [3.8, 4) is 0 Å². The summed E-state index contributed by atoms with van der Waals surface area (Å²) < 4.78 is 1.84. The molecule has 0 aromatic heterocycles. The largest absolute Gasteiger partial charge is 0.361 e. The molecule has 3 aromatic carbocycles. The summed E-state index contributed by atoms with van der Waals surface area (Å²) >= 11 is 50.0. The third-order valence-corrected chi connectivity index (χ3v) is 31.4. The van der Waals surface area contributed by atoms with Gasteiger partial charge in [-0.1, -0.05) is 298 Å². The van der Waals surface area contributed by atoms with E-state index in [0.717, 1.165) is 16.7 Å². The molecule has 0 saturated heterocycles. The third-order valence-electron chi connectivity index (χ3n) is 6.27. The van der Waals surface area contributed by atoms with Gasteiger partial charge in [-0.3, -0.25) is 0 Å². The zero-order valence-corrected chi connectivity index (χ0v) is 41.0. The van der Waals surface area contributed by atoms with Crippen molar-refractivity contribution in [2.45, 2.75) is 30.3 Å². The van der Waals surface area contributed by atoms with Gasteiger partial charge in [0.25, 0.3) is 0 Å². The van der Waals surface area contributed by atoms with Crippen LogP contribution in [0.2, 0.25) is 0 Å². The maximum absolute atomic E-state index is 7.04. The fraction of sp³-hybridized carbons (Fsp3) is 0.333. The van der Waals surface area contributed by atoms with Gasteiger partial charge in [0.05, 0.1) is 6.61 Å². The van der Waals surface area contributed by atoms with Crippen molar-refractivity contribution in [1.82, 2.24) is 0 Å². The minimum atomic E-state index is -0.948. The topological polar surface area (TPSA) is 9.23 Å². The van der Waals surface area contributed by atoms with Crippen molar-refractivity contribution in [3.63, 3.8) is 0 Å². The predicted octanol–water partition coefficient (Wildman–Crippen LogP) is 14.7. The second-order valence-corrected chi connectivity index (χ2v) is 33.2. The average molecular weight is 1400 g/mol. The molecule has 0 N–H and O–H groups in total. The van der Waals surface area contributed by atoms with Crippen LogP contribution in [-0.2, 0) is 10.3 Å². The molecule has 0 fully saturated rings. The first kappa shape index (κ1) is 39.3. The Kier molecular flexibility index (Phi) is 14.5. The van der Waals surface area contributed by atoms with Crippen LogP contribution in [0.4, 0.5) is 0 Å². The van der Waals surface area contributed by atoms with Crippen LogP contribution in [0.3, 0.4) is 0 Å². The van der Waals surface area contributed by atoms with E-state index >= 15 is 0 Å². The lowest BCUT2D eigenvalue weighted by molar-refractivity contribution is 0.0107. The van der Waals surface area contributed by atoms with E-state index in [-0.39, 0.29) is 0 Å². The van der Waals surface area contributed by atoms with Crippen molar-refractivity contribution in [2.75, 3.05) is 6.61 Å². The minimum Gasteiger partial charge on any atom is -0.361 e. The van der Waals surface area contributed by atoms with Crippen LogP contribution < -0.4 is 0 Å². The molecule has 224 valence electrons. The van der Waals surface area contributed by atoms with Crippen LogP contribution in [-0.4, -0.2) is 24.9 Å². The summed E-state index contributed by atoms with van der Waals surface area (Å²) in [6, 6.07) is 31.0. The molecule has 0 atom stereocenters. The number of ether oxygens (including phenoxy) is 1. The van der Waals surface area contributed by atoms with E-state index in [1.165, 1.54) is 0 Å². The van der Waals surface area contributed by atoms with Crippen LogP contribution >= 0.6 is 207 Å². The lowest BCUT2D eigenvalue weighted by Crippen LogP contribution is -2.63. The first-order valence-electron chi connectivity index (χ1n) is 11.5. The summed E-state index contributed by atoms with van der Waals surface area (Å²) in [5.74, 6) is 0. The van der Waals surface area contributed by atoms with Crippen molar-refractivity contribution in [1.29, 1.82) is 0 Å². The molecule has 0 unspecified atom stereocenters. The Bertz CT molecular complexity index is 1180. The number of halogens is 13. The Morgan fingerprint density at radius 2 is 0.732 bits per heavy atom. The lowest BCUT2D eigenvalue weighted by atomic mass is 9.80. The zero-order chi connectivity index (χ0) is 31.0.